The topological polar surface area (TPSA) is 99.0 Å². The zero-order valence-electron chi connectivity index (χ0n) is 11.3. The highest BCUT2D eigenvalue weighted by molar-refractivity contribution is 5.84. The Morgan fingerprint density at radius 1 is 1.52 bits per heavy atom. The summed E-state index contributed by atoms with van der Waals surface area (Å²) in [6.45, 7) is 1.29. The van der Waals surface area contributed by atoms with Gasteiger partial charge in [0.2, 0.25) is 0 Å². The number of aliphatic hydroxyl groups excluding tert-OH is 1. The SMILES string of the molecule is CC=CC(=O)OCC(O)=C(C#N)c1nc2ccccc2[nH]1. The van der Waals surface area contributed by atoms with Crippen molar-refractivity contribution in [3.8, 4) is 6.07 Å². The van der Waals surface area contributed by atoms with Crippen molar-refractivity contribution >= 4 is 22.6 Å². The van der Waals surface area contributed by atoms with Crippen LogP contribution >= 0.6 is 0 Å². The molecular weight excluding hydrogens is 270 g/mol. The number of ether oxygens (including phenoxy) is 1. The highest BCUT2D eigenvalue weighted by Gasteiger charge is 2.14. The van der Waals surface area contributed by atoms with Crippen LogP contribution in [-0.4, -0.2) is 27.7 Å². The molecule has 2 rings (SSSR count). The van der Waals surface area contributed by atoms with Crippen molar-refractivity contribution in [1.29, 1.82) is 5.26 Å². The predicted octanol–water partition coefficient (Wildman–Crippen LogP) is 2.47. The average molecular weight is 283 g/mol. The number of esters is 1. The van der Waals surface area contributed by atoms with Crippen LogP contribution in [0.3, 0.4) is 0 Å². The molecule has 0 aliphatic rings. The maximum Gasteiger partial charge on any atom is 0.330 e. The molecule has 0 aliphatic heterocycles. The van der Waals surface area contributed by atoms with Gasteiger partial charge in [-0.25, -0.2) is 9.78 Å². The molecule has 2 N–H and O–H groups in total. The number of imidazole rings is 1. The predicted molar refractivity (Wildman–Crippen MR) is 77.0 cm³/mol. The van der Waals surface area contributed by atoms with Crippen molar-refractivity contribution < 1.29 is 14.6 Å². The Labute approximate surface area is 121 Å². The Morgan fingerprint density at radius 2 is 2.29 bits per heavy atom. The van der Waals surface area contributed by atoms with E-state index in [4.69, 9.17) is 10.00 Å². The van der Waals surface area contributed by atoms with Crippen molar-refractivity contribution in [1.82, 2.24) is 9.97 Å². The number of H-pyrrole nitrogens is 1. The number of para-hydroxylation sites is 2. The maximum absolute atomic E-state index is 11.2. The van der Waals surface area contributed by atoms with Crippen LogP contribution in [0, 0.1) is 11.3 Å². The van der Waals surface area contributed by atoms with E-state index in [0.717, 1.165) is 5.52 Å². The molecule has 21 heavy (non-hydrogen) atoms. The van der Waals surface area contributed by atoms with Gasteiger partial charge in [0, 0.05) is 6.08 Å². The molecule has 0 saturated heterocycles. The van der Waals surface area contributed by atoms with Gasteiger partial charge in [-0.15, -0.1) is 0 Å². The standard InChI is InChI=1S/C15H13N3O3/c1-2-5-14(20)21-9-13(19)10(8-16)15-17-11-6-3-4-7-12(11)18-15/h2-7,19H,9H2,1H3,(H,17,18). The summed E-state index contributed by atoms with van der Waals surface area (Å²) in [5, 5.41) is 19.1. The van der Waals surface area contributed by atoms with E-state index in [-0.39, 0.29) is 23.8 Å². The molecule has 0 spiro atoms. The molecule has 6 nitrogen and oxygen atoms in total. The van der Waals surface area contributed by atoms with Crippen molar-refractivity contribution in [2.45, 2.75) is 6.92 Å². The molecule has 0 aliphatic carbocycles. The lowest BCUT2D eigenvalue weighted by Crippen LogP contribution is -2.06. The number of nitrogens with one attached hydrogen (secondary N) is 1. The van der Waals surface area contributed by atoms with Crippen molar-refractivity contribution in [2.24, 2.45) is 0 Å². The first-order chi connectivity index (χ1) is 10.2. The first-order valence-electron chi connectivity index (χ1n) is 6.22. The van der Waals surface area contributed by atoms with E-state index in [2.05, 4.69) is 9.97 Å². The minimum atomic E-state index is -0.592. The van der Waals surface area contributed by atoms with Gasteiger partial charge in [0.25, 0.3) is 0 Å². The number of aliphatic hydroxyl groups is 1. The molecule has 0 fully saturated rings. The molecule has 0 radical (unpaired) electrons. The van der Waals surface area contributed by atoms with Gasteiger partial charge in [-0.2, -0.15) is 5.26 Å². The van der Waals surface area contributed by atoms with Crippen LogP contribution in [0.25, 0.3) is 16.6 Å². The second-order valence-corrected chi connectivity index (χ2v) is 4.14. The van der Waals surface area contributed by atoms with Gasteiger partial charge in [0.1, 0.15) is 18.2 Å². The van der Waals surface area contributed by atoms with Gasteiger partial charge < -0.3 is 14.8 Å². The monoisotopic (exact) mass is 283 g/mol. The second-order valence-electron chi connectivity index (χ2n) is 4.14. The summed E-state index contributed by atoms with van der Waals surface area (Å²) in [6.07, 6.45) is 2.74. The lowest BCUT2D eigenvalue weighted by Gasteiger charge is -2.02. The van der Waals surface area contributed by atoms with Crippen LogP contribution < -0.4 is 0 Å². The number of fused-ring (bicyclic) bond motifs is 1. The number of rotatable bonds is 4. The van der Waals surface area contributed by atoms with Crippen LogP contribution in [-0.2, 0) is 9.53 Å². The number of aromatic amines is 1. The van der Waals surface area contributed by atoms with E-state index in [1.807, 2.05) is 24.3 Å². The Hall–Kier alpha value is -3.07. The summed E-state index contributed by atoms with van der Waals surface area (Å²) < 4.78 is 4.80. The number of aromatic nitrogens is 2. The molecule has 0 saturated carbocycles. The first kappa shape index (κ1) is 14.3. The summed E-state index contributed by atoms with van der Waals surface area (Å²) in [4.78, 5) is 18.3. The molecule has 0 bridgehead atoms. The number of hydrogen-bond donors (Lipinski definition) is 2. The molecule has 1 aromatic heterocycles. The second kappa shape index (κ2) is 6.39. The summed E-state index contributed by atoms with van der Waals surface area (Å²) in [5.41, 5.74) is 1.37. The number of hydrogen-bond acceptors (Lipinski definition) is 5. The minimum Gasteiger partial charge on any atom is -0.507 e. The Bertz CT molecular complexity index is 733. The highest BCUT2D eigenvalue weighted by Crippen LogP contribution is 2.18. The fourth-order valence-electron chi connectivity index (χ4n) is 1.72. The smallest absolute Gasteiger partial charge is 0.330 e. The molecule has 1 heterocycles. The minimum absolute atomic E-state index is 0.0560. The van der Waals surface area contributed by atoms with Gasteiger partial charge >= 0.3 is 5.97 Å². The van der Waals surface area contributed by atoms with Crippen LogP contribution in [0.15, 0.2) is 42.2 Å². The molecule has 6 heteroatoms. The number of carbonyl (C=O) groups excluding carboxylic acids is 1. The quantitative estimate of drug-likeness (QED) is 0.388. The number of benzene rings is 1. The third-order valence-corrected chi connectivity index (χ3v) is 2.68. The van der Waals surface area contributed by atoms with Gasteiger partial charge in [0.05, 0.1) is 11.0 Å². The van der Waals surface area contributed by atoms with Crippen molar-refractivity contribution in [3.05, 3.63) is 48.0 Å². The summed E-state index contributed by atoms with van der Waals surface area (Å²) in [7, 11) is 0. The molecule has 0 atom stereocenters. The molecule has 2 aromatic rings. The third kappa shape index (κ3) is 3.28. The Morgan fingerprint density at radius 3 is 2.95 bits per heavy atom. The Balaban J connectivity index is 2.27. The normalized spacial score (nSPS) is 12.2. The van der Waals surface area contributed by atoms with E-state index in [0.29, 0.717) is 5.52 Å². The number of nitriles is 1. The Kier molecular flexibility index (Phi) is 4.36. The van der Waals surface area contributed by atoms with Crippen molar-refractivity contribution in [3.63, 3.8) is 0 Å². The average Bonchev–Trinajstić information content (AvgIpc) is 2.89. The van der Waals surface area contributed by atoms with Crippen LogP contribution in [0.1, 0.15) is 12.7 Å². The molecular formula is C15H13N3O3. The van der Waals surface area contributed by atoms with Gasteiger partial charge in [-0.05, 0) is 19.1 Å². The van der Waals surface area contributed by atoms with E-state index >= 15 is 0 Å². The van der Waals surface area contributed by atoms with Crippen LogP contribution in [0.5, 0.6) is 0 Å². The summed E-state index contributed by atoms with van der Waals surface area (Å²) >= 11 is 0. The largest absolute Gasteiger partial charge is 0.507 e. The number of nitrogens with zero attached hydrogens (tertiary/aromatic N) is 2. The molecule has 0 amide bonds. The van der Waals surface area contributed by atoms with E-state index < -0.39 is 5.97 Å². The van der Waals surface area contributed by atoms with E-state index in [1.54, 1.807) is 13.0 Å². The lowest BCUT2D eigenvalue weighted by molar-refractivity contribution is -0.137. The molecule has 0 unspecified atom stereocenters. The number of allylic oxidation sites excluding steroid dienone is 2. The van der Waals surface area contributed by atoms with Gasteiger partial charge in [-0.3, -0.25) is 0 Å². The number of carbonyl (C=O) groups is 1. The highest BCUT2D eigenvalue weighted by atomic mass is 16.5. The first-order valence-corrected chi connectivity index (χ1v) is 6.22. The van der Waals surface area contributed by atoms with Crippen LogP contribution in [0.4, 0.5) is 0 Å². The van der Waals surface area contributed by atoms with E-state index in [1.165, 1.54) is 12.2 Å². The maximum atomic E-state index is 11.2. The van der Waals surface area contributed by atoms with E-state index in [9.17, 15) is 9.90 Å². The zero-order chi connectivity index (χ0) is 15.2. The fourth-order valence-corrected chi connectivity index (χ4v) is 1.72. The fraction of sp³-hybridized carbons (Fsp3) is 0.133. The van der Waals surface area contributed by atoms with Crippen molar-refractivity contribution in [2.75, 3.05) is 6.61 Å². The summed E-state index contributed by atoms with van der Waals surface area (Å²) in [6, 6.07) is 9.11. The zero-order valence-corrected chi connectivity index (χ0v) is 11.3. The molecule has 106 valence electrons. The van der Waals surface area contributed by atoms with Gasteiger partial charge in [-0.1, -0.05) is 18.2 Å². The van der Waals surface area contributed by atoms with Crippen LogP contribution in [0.2, 0.25) is 0 Å². The van der Waals surface area contributed by atoms with Gasteiger partial charge in [0.15, 0.2) is 11.6 Å². The lowest BCUT2D eigenvalue weighted by atomic mass is 10.2. The summed E-state index contributed by atoms with van der Waals surface area (Å²) in [5.74, 6) is -0.710. The molecule has 1 aromatic carbocycles. The third-order valence-electron chi connectivity index (χ3n) is 2.68.